The molecule has 1 aliphatic rings. The van der Waals surface area contributed by atoms with Crippen molar-refractivity contribution in [3.05, 3.63) is 0 Å². The Morgan fingerprint density at radius 3 is 2.83 bits per heavy atom. The topological polar surface area (TPSA) is 73.6 Å². The maximum Gasteiger partial charge on any atom is 0.246 e. The SMILES string of the molecule is COCC(C)NC(=O)COCC1CCCC1CN. The van der Waals surface area contributed by atoms with Gasteiger partial charge in [0.2, 0.25) is 5.91 Å². The molecule has 3 unspecified atom stereocenters. The Kier molecular flexibility index (Phi) is 7.23. The molecular formula is C13H26N2O3. The molecule has 1 rings (SSSR count). The van der Waals surface area contributed by atoms with Crippen molar-refractivity contribution in [3.63, 3.8) is 0 Å². The molecule has 3 N–H and O–H groups in total. The van der Waals surface area contributed by atoms with Gasteiger partial charge in [-0.2, -0.15) is 0 Å². The predicted molar refractivity (Wildman–Crippen MR) is 70.2 cm³/mol. The fourth-order valence-electron chi connectivity index (χ4n) is 2.55. The highest BCUT2D eigenvalue weighted by Gasteiger charge is 2.26. The molecule has 0 aromatic carbocycles. The van der Waals surface area contributed by atoms with Crippen LogP contribution in [0.2, 0.25) is 0 Å². The van der Waals surface area contributed by atoms with E-state index in [9.17, 15) is 4.79 Å². The number of methoxy groups -OCH3 is 1. The summed E-state index contributed by atoms with van der Waals surface area (Å²) in [5.41, 5.74) is 5.71. The molecule has 0 aromatic heterocycles. The van der Waals surface area contributed by atoms with Gasteiger partial charge < -0.3 is 20.5 Å². The molecule has 0 spiro atoms. The fraction of sp³-hybridized carbons (Fsp3) is 0.923. The van der Waals surface area contributed by atoms with E-state index >= 15 is 0 Å². The maximum absolute atomic E-state index is 11.5. The van der Waals surface area contributed by atoms with E-state index in [4.69, 9.17) is 15.2 Å². The van der Waals surface area contributed by atoms with Crippen molar-refractivity contribution in [2.75, 3.05) is 33.5 Å². The van der Waals surface area contributed by atoms with E-state index in [1.165, 1.54) is 19.3 Å². The highest BCUT2D eigenvalue weighted by molar-refractivity contribution is 5.77. The van der Waals surface area contributed by atoms with Crippen LogP contribution in [0.3, 0.4) is 0 Å². The second kappa shape index (κ2) is 8.45. The molecule has 5 heteroatoms. The normalized spacial score (nSPS) is 25.1. The number of hydrogen-bond donors (Lipinski definition) is 2. The van der Waals surface area contributed by atoms with Crippen LogP contribution in [0.25, 0.3) is 0 Å². The summed E-state index contributed by atoms with van der Waals surface area (Å²) in [6, 6.07) is 0.0226. The number of carbonyl (C=O) groups excluding carboxylic acids is 1. The van der Waals surface area contributed by atoms with Gasteiger partial charge in [-0.25, -0.2) is 0 Å². The van der Waals surface area contributed by atoms with E-state index in [0.717, 1.165) is 6.54 Å². The molecule has 0 saturated heterocycles. The zero-order valence-corrected chi connectivity index (χ0v) is 11.5. The van der Waals surface area contributed by atoms with Gasteiger partial charge in [-0.3, -0.25) is 4.79 Å². The van der Waals surface area contributed by atoms with Gasteiger partial charge in [0.05, 0.1) is 13.2 Å². The first kappa shape index (κ1) is 15.4. The molecule has 0 aliphatic heterocycles. The number of amides is 1. The van der Waals surface area contributed by atoms with Crippen LogP contribution in [0.5, 0.6) is 0 Å². The van der Waals surface area contributed by atoms with Crippen molar-refractivity contribution in [1.82, 2.24) is 5.32 Å². The summed E-state index contributed by atoms with van der Waals surface area (Å²) in [4.78, 5) is 11.5. The molecule has 1 saturated carbocycles. The Balaban J connectivity index is 2.11. The van der Waals surface area contributed by atoms with E-state index in [1.54, 1.807) is 7.11 Å². The van der Waals surface area contributed by atoms with E-state index < -0.39 is 0 Å². The molecular weight excluding hydrogens is 232 g/mol. The van der Waals surface area contributed by atoms with Crippen LogP contribution >= 0.6 is 0 Å². The largest absolute Gasteiger partial charge is 0.383 e. The minimum atomic E-state index is -0.0816. The predicted octanol–water partition coefficient (Wildman–Crippen LogP) is 0.529. The molecule has 0 heterocycles. The lowest BCUT2D eigenvalue weighted by atomic mass is 9.97. The number of carbonyl (C=O) groups is 1. The molecule has 1 aliphatic carbocycles. The second-order valence-corrected chi connectivity index (χ2v) is 5.13. The van der Waals surface area contributed by atoms with Gasteiger partial charge in [-0.15, -0.1) is 0 Å². The van der Waals surface area contributed by atoms with Gasteiger partial charge in [0.15, 0.2) is 0 Å². The quantitative estimate of drug-likeness (QED) is 0.666. The van der Waals surface area contributed by atoms with Gasteiger partial charge in [-0.1, -0.05) is 6.42 Å². The van der Waals surface area contributed by atoms with Crippen LogP contribution in [-0.2, 0) is 14.3 Å². The number of ether oxygens (including phenoxy) is 2. The minimum absolute atomic E-state index is 0.0226. The molecule has 106 valence electrons. The first-order valence-electron chi connectivity index (χ1n) is 6.73. The van der Waals surface area contributed by atoms with Gasteiger partial charge in [-0.05, 0) is 38.1 Å². The lowest BCUT2D eigenvalue weighted by Gasteiger charge is -2.18. The van der Waals surface area contributed by atoms with E-state index in [2.05, 4.69) is 5.32 Å². The molecule has 3 atom stereocenters. The molecule has 0 radical (unpaired) electrons. The second-order valence-electron chi connectivity index (χ2n) is 5.13. The van der Waals surface area contributed by atoms with Crippen molar-refractivity contribution < 1.29 is 14.3 Å². The van der Waals surface area contributed by atoms with Crippen molar-refractivity contribution in [3.8, 4) is 0 Å². The average molecular weight is 258 g/mol. The first-order valence-corrected chi connectivity index (χ1v) is 6.73. The number of nitrogens with two attached hydrogens (primary N) is 1. The summed E-state index contributed by atoms with van der Waals surface area (Å²) in [7, 11) is 1.62. The van der Waals surface area contributed by atoms with Crippen molar-refractivity contribution in [2.24, 2.45) is 17.6 Å². The average Bonchev–Trinajstić information content (AvgIpc) is 2.76. The van der Waals surface area contributed by atoms with Crippen molar-refractivity contribution in [2.45, 2.75) is 32.2 Å². The van der Waals surface area contributed by atoms with Crippen LogP contribution in [-0.4, -0.2) is 45.4 Å². The fourth-order valence-corrected chi connectivity index (χ4v) is 2.55. The van der Waals surface area contributed by atoms with Gasteiger partial charge in [0, 0.05) is 13.2 Å². The van der Waals surface area contributed by atoms with Gasteiger partial charge in [0.1, 0.15) is 6.61 Å². The maximum atomic E-state index is 11.5. The first-order chi connectivity index (χ1) is 8.67. The van der Waals surface area contributed by atoms with Crippen molar-refractivity contribution in [1.29, 1.82) is 0 Å². The Hall–Kier alpha value is -0.650. The number of hydrogen-bond acceptors (Lipinski definition) is 4. The Bertz CT molecular complexity index is 248. The highest BCUT2D eigenvalue weighted by Crippen LogP contribution is 2.30. The van der Waals surface area contributed by atoms with E-state index in [0.29, 0.717) is 25.0 Å². The van der Waals surface area contributed by atoms with Crippen LogP contribution in [0.15, 0.2) is 0 Å². The number of nitrogens with one attached hydrogen (secondary N) is 1. The van der Waals surface area contributed by atoms with E-state index in [-0.39, 0.29) is 18.6 Å². The van der Waals surface area contributed by atoms with Crippen LogP contribution in [0.1, 0.15) is 26.2 Å². The van der Waals surface area contributed by atoms with E-state index in [1.807, 2.05) is 6.92 Å². The Morgan fingerprint density at radius 1 is 1.44 bits per heavy atom. The summed E-state index contributed by atoms with van der Waals surface area (Å²) >= 11 is 0. The zero-order valence-electron chi connectivity index (χ0n) is 11.5. The summed E-state index contributed by atoms with van der Waals surface area (Å²) in [5, 5.41) is 2.82. The summed E-state index contributed by atoms with van der Waals surface area (Å²) in [5.74, 6) is 1.02. The standard InChI is InChI=1S/C13H26N2O3/c1-10(7-17-2)15-13(16)9-18-8-12-5-3-4-11(12)6-14/h10-12H,3-9,14H2,1-2H3,(H,15,16). The minimum Gasteiger partial charge on any atom is -0.383 e. The van der Waals surface area contributed by atoms with Crippen LogP contribution < -0.4 is 11.1 Å². The summed E-state index contributed by atoms with van der Waals surface area (Å²) in [6.07, 6.45) is 3.60. The third-order valence-corrected chi connectivity index (χ3v) is 3.51. The lowest BCUT2D eigenvalue weighted by molar-refractivity contribution is -0.127. The molecule has 1 fully saturated rings. The smallest absolute Gasteiger partial charge is 0.246 e. The van der Waals surface area contributed by atoms with Gasteiger partial charge >= 0.3 is 0 Å². The summed E-state index contributed by atoms with van der Waals surface area (Å²) in [6.45, 7) is 3.92. The Labute approximate surface area is 109 Å². The van der Waals surface area contributed by atoms with Crippen molar-refractivity contribution >= 4 is 5.91 Å². The third-order valence-electron chi connectivity index (χ3n) is 3.51. The molecule has 5 nitrogen and oxygen atoms in total. The Morgan fingerprint density at radius 2 is 2.17 bits per heavy atom. The number of rotatable bonds is 8. The van der Waals surface area contributed by atoms with Crippen LogP contribution in [0.4, 0.5) is 0 Å². The third kappa shape index (κ3) is 5.33. The van der Waals surface area contributed by atoms with Crippen LogP contribution in [0, 0.1) is 11.8 Å². The molecule has 0 bridgehead atoms. The molecule has 18 heavy (non-hydrogen) atoms. The molecule has 1 amide bonds. The van der Waals surface area contributed by atoms with Gasteiger partial charge in [0.25, 0.3) is 0 Å². The summed E-state index contributed by atoms with van der Waals surface area (Å²) < 4.78 is 10.4. The highest BCUT2D eigenvalue weighted by atomic mass is 16.5. The monoisotopic (exact) mass is 258 g/mol. The zero-order chi connectivity index (χ0) is 13.4. The molecule has 0 aromatic rings. The lowest BCUT2D eigenvalue weighted by Crippen LogP contribution is -2.38.